The highest BCUT2D eigenvalue weighted by Gasteiger charge is 2.12. The smallest absolute Gasteiger partial charge is 0.200 e. The van der Waals surface area contributed by atoms with Crippen molar-refractivity contribution in [1.29, 1.82) is 0 Å². The molecule has 0 fully saturated rings. The molecule has 1 aromatic rings. The molecule has 0 spiro atoms. The lowest BCUT2D eigenvalue weighted by molar-refractivity contribution is 0.0786. The van der Waals surface area contributed by atoms with E-state index in [-0.39, 0.29) is 12.4 Å². The van der Waals surface area contributed by atoms with E-state index in [9.17, 15) is 4.79 Å². The van der Waals surface area contributed by atoms with Crippen LogP contribution in [0.2, 0.25) is 0 Å². The van der Waals surface area contributed by atoms with E-state index in [0.717, 1.165) is 15.6 Å². The van der Waals surface area contributed by atoms with Crippen molar-refractivity contribution >= 4 is 17.1 Å². The van der Waals surface area contributed by atoms with Gasteiger partial charge in [0.15, 0.2) is 5.78 Å². The lowest BCUT2D eigenvalue weighted by atomic mass is 10.3. The second kappa shape index (κ2) is 4.48. The molecule has 0 radical (unpaired) electrons. The topological polar surface area (TPSA) is 39.2 Å². The maximum atomic E-state index is 11.5. The number of ketones is 1. The van der Waals surface area contributed by atoms with Gasteiger partial charge in [-0.05, 0) is 20.8 Å². The SMILES string of the molecule is CCOCC(=O)c1sc(C)nc1C. The number of hydrogen-bond acceptors (Lipinski definition) is 4. The first kappa shape index (κ1) is 10.3. The number of carbonyl (C=O) groups excluding carboxylic acids is 1. The summed E-state index contributed by atoms with van der Waals surface area (Å²) in [4.78, 5) is 16.4. The summed E-state index contributed by atoms with van der Waals surface area (Å²) < 4.78 is 5.04. The van der Waals surface area contributed by atoms with Crippen molar-refractivity contribution in [3.63, 3.8) is 0 Å². The molecule has 0 bridgehead atoms. The molecule has 0 unspecified atom stereocenters. The van der Waals surface area contributed by atoms with Crippen LogP contribution in [-0.4, -0.2) is 24.0 Å². The predicted molar refractivity (Wildman–Crippen MR) is 52.4 cm³/mol. The van der Waals surface area contributed by atoms with Gasteiger partial charge < -0.3 is 4.74 Å². The molecule has 1 heterocycles. The third kappa shape index (κ3) is 2.60. The van der Waals surface area contributed by atoms with Gasteiger partial charge in [-0.25, -0.2) is 4.98 Å². The van der Waals surface area contributed by atoms with Crippen LogP contribution in [0, 0.1) is 13.8 Å². The van der Waals surface area contributed by atoms with Crippen molar-refractivity contribution in [2.75, 3.05) is 13.2 Å². The summed E-state index contributed by atoms with van der Waals surface area (Å²) in [7, 11) is 0. The van der Waals surface area contributed by atoms with Crippen molar-refractivity contribution < 1.29 is 9.53 Å². The Balaban J connectivity index is 2.70. The lowest BCUT2D eigenvalue weighted by Crippen LogP contribution is -2.08. The van der Waals surface area contributed by atoms with Crippen molar-refractivity contribution in [1.82, 2.24) is 4.98 Å². The van der Waals surface area contributed by atoms with Gasteiger partial charge in [0, 0.05) is 6.61 Å². The van der Waals surface area contributed by atoms with Gasteiger partial charge in [-0.1, -0.05) is 0 Å². The van der Waals surface area contributed by atoms with E-state index in [1.807, 2.05) is 20.8 Å². The van der Waals surface area contributed by atoms with Gasteiger partial charge in [0.2, 0.25) is 0 Å². The van der Waals surface area contributed by atoms with Gasteiger partial charge in [0.25, 0.3) is 0 Å². The first-order valence-corrected chi connectivity index (χ1v) is 5.01. The molecule has 0 amide bonds. The Hall–Kier alpha value is -0.740. The second-order valence-corrected chi connectivity index (χ2v) is 3.91. The number of Topliss-reactive ketones (excluding diaryl/α,β-unsaturated/α-hetero) is 1. The molecule has 3 nitrogen and oxygen atoms in total. The molecule has 13 heavy (non-hydrogen) atoms. The van der Waals surface area contributed by atoms with Crippen LogP contribution in [0.3, 0.4) is 0 Å². The first-order valence-electron chi connectivity index (χ1n) is 4.20. The number of hydrogen-bond donors (Lipinski definition) is 0. The Morgan fingerprint density at radius 3 is 2.69 bits per heavy atom. The zero-order chi connectivity index (χ0) is 9.84. The minimum Gasteiger partial charge on any atom is -0.374 e. The largest absolute Gasteiger partial charge is 0.374 e. The van der Waals surface area contributed by atoms with Crippen LogP contribution >= 0.6 is 11.3 Å². The molecule has 0 saturated heterocycles. The van der Waals surface area contributed by atoms with Crippen LogP contribution < -0.4 is 0 Å². The van der Waals surface area contributed by atoms with Crippen LogP contribution in [0.15, 0.2) is 0 Å². The van der Waals surface area contributed by atoms with Gasteiger partial charge in [-0.3, -0.25) is 4.79 Å². The Kier molecular flexibility index (Phi) is 3.57. The van der Waals surface area contributed by atoms with Crippen molar-refractivity contribution in [2.24, 2.45) is 0 Å². The molecular weight excluding hydrogens is 186 g/mol. The summed E-state index contributed by atoms with van der Waals surface area (Å²) in [6.07, 6.45) is 0. The minimum atomic E-state index is 0.0324. The fourth-order valence-electron chi connectivity index (χ4n) is 1.05. The number of nitrogens with zero attached hydrogens (tertiary/aromatic N) is 1. The highest BCUT2D eigenvalue weighted by Crippen LogP contribution is 2.17. The molecule has 0 aliphatic carbocycles. The second-order valence-electron chi connectivity index (χ2n) is 2.71. The van der Waals surface area contributed by atoms with Crippen LogP contribution in [0.25, 0.3) is 0 Å². The first-order chi connectivity index (χ1) is 6.15. The molecule has 0 aliphatic rings. The molecule has 1 aromatic heterocycles. The summed E-state index contributed by atoms with van der Waals surface area (Å²) >= 11 is 1.43. The monoisotopic (exact) mass is 199 g/mol. The molecule has 0 saturated carbocycles. The molecule has 0 atom stereocenters. The van der Waals surface area contributed by atoms with E-state index in [0.29, 0.717) is 6.61 Å². The van der Waals surface area contributed by atoms with Gasteiger partial charge in [0.05, 0.1) is 15.6 Å². The quantitative estimate of drug-likeness (QED) is 0.696. The number of aryl methyl sites for hydroxylation is 2. The zero-order valence-electron chi connectivity index (χ0n) is 8.09. The predicted octanol–water partition coefficient (Wildman–Crippen LogP) is 1.98. The maximum Gasteiger partial charge on any atom is 0.200 e. The number of ether oxygens (including phenoxy) is 1. The Morgan fingerprint density at radius 2 is 2.23 bits per heavy atom. The molecule has 0 N–H and O–H groups in total. The number of thiazole rings is 1. The fraction of sp³-hybridized carbons (Fsp3) is 0.556. The Morgan fingerprint density at radius 1 is 1.54 bits per heavy atom. The molecular formula is C9H13NO2S. The van der Waals surface area contributed by atoms with Crippen LogP contribution in [-0.2, 0) is 4.74 Å². The summed E-state index contributed by atoms with van der Waals surface area (Å²) in [6.45, 7) is 6.36. The highest BCUT2D eigenvalue weighted by atomic mass is 32.1. The Bertz CT molecular complexity index is 307. The van der Waals surface area contributed by atoms with Crippen molar-refractivity contribution in [3.05, 3.63) is 15.6 Å². The van der Waals surface area contributed by atoms with Crippen LogP contribution in [0.4, 0.5) is 0 Å². The number of carbonyl (C=O) groups is 1. The van der Waals surface area contributed by atoms with E-state index in [2.05, 4.69) is 4.98 Å². The van der Waals surface area contributed by atoms with Gasteiger partial charge in [-0.2, -0.15) is 0 Å². The van der Waals surface area contributed by atoms with Crippen LogP contribution in [0.1, 0.15) is 27.3 Å². The van der Waals surface area contributed by atoms with Crippen molar-refractivity contribution in [3.8, 4) is 0 Å². The highest BCUT2D eigenvalue weighted by molar-refractivity contribution is 7.13. The van der Waals surface area contributed by atoms with Crippen LogP contribution in [0.5, 0.6) is 0 Å². The molecule has 1 rings (SSSR count). The number of rotatable bonds is 4. The van der Waals surface area contributed by atoms with E-state index < -0.39 is 0 Å². The van der Waals surface area contributed by atoms with E-state index in [4.69, 9.17) is 4.74 Å². The molecule has 0 aromatic carbocycles. The Labute approximate surface area is 81.8 Å². The van der Waals surface area contributed by atoms with Gasteiger partial charge in [-0.15, -0.1) is 11.3 Å². The normalized spacial score (nSPS) is 10.4. The molecule has 4 heteroatoms. The molecule has 0 aliphatic heterocycles. The minimum absolute atomic E-state index is 0.0324. The number of aromatic nitrogens is 1. The average molecular weight is 199 g/mol. The molecule has 72 valence electrons. The third-order valence-corrected chi connectivity index (χ3v) is 2.71. The summed E-state index contributed by atoms with van der Waals surface area (Å²) in [6, 6.07) is 0. The van der Waals surface area contributed by atoms with Gasteiger partial charge in [0.1, 0.15) is 6.61 Å². The maximum absolute atomic E-state index is 11.5. The summed E-state index contributed by atoms with van der Waals surface area (Å²) in [5.41, 5.74) is 0.812. The van der Waals surface area contributed by atoms with Crippen molar-refractivity contribution in [2.45, 2.75) is 20.8 Å². The van der Waals surface area contributed by atoms with Gasteiger partial charge >= 0.3 is 0 Å². The third-order valence-electron chi connectivity index (χ3n) is 1.59. The zero-order valence-corrected chi connectivity index (χ0v) is 8.90. The summed E-state index contributed by atoms with van der Waals surface area (Å²) in [5.74, 6) is 0.0324. The lowest BCUT2D eigenvalue weighted by Gasteiger charge is -1.97. The average Bonchev–Trinajstić information content (AvgIpc) is 2.41. The standard InChI is InChI=1S/C9H13NO2S/c1-4-12-5-8(11)9-6(2)10-7(3)13-9/h4-5H2,1-3H3. The fourth-order valence-corrected chi connectivity index (χ4v) is 1.89. The van der Waals surface area contributed by atoms with E-state index in [1.165, 1.54) is 11.3 Å². The summed E-state index contributed by atoms with van der Waals surface area (Å²) in [5, 5.41) is 0.928. The van der Waals surface area contributed by atoms with E-state index in [1.54, 1.807) is 0 Å². The van der Waals surface area contributed by atoms with E-state index >= 15 is 0 Å².